The minimum absolute atomic E-state index is 0.0301. The number of methoxy groups -OCH3 is 1. The van der Waals surface area contributed by atoms with Crippen molar-refractivity contribution in [2.75, 3.05) is 41.0 Å². The summed E-state index contributed by atoms with van der Waals surface area (Å²) in [5.74, 6) is 1.60. The van der Waals surface area contributed by atoms with Crippen LogP contribution in [0.1, 0.15) is 23.1 Å². The zero-order valence-electron chi connectivity index (χ0n) is 18.8. The van der Waals surface area contributed by atoms with Crippen LogP contribution < -0.4 is 9.47 Å². The molecule has 0 saturated heterocycles. The van der Waals surface area contributed by atoms with Crippen LogP contribution in [-0.4, -0.2) is 51.0 Å². The summed E-state index contributed by atoms with van der Waals surface area (Å²) in [6.07, 6.45) is 0.496. The van der Waals surface area contributed by atoms with E-state index in [-0.39, 0.29) is 6.61 Å². The first-order valence-corrected chi connectivity index (χ1v) is 11.0. The minimum atomic E-state index is 0.0301. The van der Waals surface area contributed by atoms with Gasteiger partial charge in [-0.1, -0.05) is 54.1 Å². The first-order chi connectivity index (χ1) is 15.5. The maximum absolute atomic E-state index is 9.89. The van der Waals surface area contributed by atoms with E-state index in [0.717, 1.165) is 45.9 Å². The fourth-order valence-electron chi connectivity index (χ4n) is 3.58. The fraction of sp³-hybridized carbons (Fsp3) is 0.259. The first kappa shape index (κ1) is 23.9. The Balaban J connectivity index is 2.12. The lowest BCUT2D eigenvalue weighted by Crippen LogP contribution is -2.19. The normalized spacial score (nSPS) is 11.9. The Morgan fingerprint density at radius 3 is 2.19 bits per heavy atom. The highest BCUT2D eigenvalue weighted by atomic mass is 35.5. The Kier molecular flexibility index (Phi) is 8.74. The summed E-state index contributed by atoms with van der Waals surface area (Å²) >= 11 is 6.13. The van der Waals surface area contributed by atoms with Crippen molar-refractivity contribution in [3.05, 3.63) is 94.5 Å². The molecule has 168 valence electrons. The lowest BCUT2D eigenvalue weighted by molar-refractivity contribution is 0.261. The second-order valence-corrected chi connectivity index (χ2v) is 8.15. The Labute approximate surface area is 195 Å². The molecule has 3 aromatic carbocycles. The van der Waals surface area contributed by atoms with Crippen molar-refractivity contribution in [2.24, 2.45) is 0 Å². The molecular weight excluding hydrogens is 422 g/mol. The lowest BCUT2D eigenvalue weighted by Gasteiger charge is -2.19. The van der Waals surface area contributed by atoms with E-state index < -0.39 is 0 Å². The van der Waals surface area contributed by atoms with Gasteiger partial charge in [-0.3, -0.25) is 0 Å². The largest absolute Gasteiger partial charge is 0.496 e. The van der Waals surface area contributed by atoms with Crippen LogP contribution in [0.2, 0.25) is 5.02 Å². The van der Waals surface area contributed by atoms with Gasteiger partial charge in [-0.15, -0.1) is 0 Å². The van der Waals surface area contributed by atoms with Crippen molar-refractivity contribution in [3.63, 3.8) is 0 Å². The van der Waals surface area contributed by atoms with Gasteiger partial charge in [0.05, 0.1) is 7.11 Å². The van der Waals surface area contributed by atoms with E-state index in [4.69, 9.17) is 21.1 Å². The van der Waals surface area contributed by atoms with Gasteiger partial charge in [0, 0.05) is 23.7 Å². The second-order valence-electron chi connectivity index (χ2n) is 7.71. The third kappa shape index (κ3) is 6.13. The number of benzene rings is 3. The van der Waals surface area contributed by atoms with E-state index in [1.807, 2.05) is 74.8 Å². The maximum Gasteiger partial charge on any atom is 0.126 e. The number of nitrogens with zero attached hydrogens (tertiary/aromatic N) is 1. The topological polar surface area (TPSA) is 41.9 Å². The Morgan fingerprint density at radius 1 is 0.906 bits per heavy atom. The van der Waals surface area contributed by atoms with Gasteiger partial charge in [-0.25, -0.2) is 0 Å². The SMILES string of the molecule is COc1ccccc1C(=C(CCO)c1ccc(Cl)cc1)c1ccc(OCCN(C)C)cc1. The van der Waals surface area contributed by atoms with Gasteiger partial charge in [0.2, 0.25) is 0 Å². The molecule has 4 nitrogen and oxygen atoms in total. The third-order valence-corrected chi connectivity index (χ3v) is 5.43. The summed E-state index contributed by atoms with van der Waals surface area (Å²) in [4.78, 5) is 2.09. The molecule has 0 fully saturated rings. The number of para-hydroxylation sites is 1. The number of aliphatic hydroxyl groups excluding tert-OH is 1. The molecule has 0 aliphatic rings. The molecule has 0 unspecified atom stereocenters. The van der Waals surface area contributed by atoms with Crippen LogP contribution in [0.25, 0.3) is 11.1 Å². The van der Waals surface area contributed by atoms with E-state index in [0.29, 0.717) is 18.1 Å². The molecular formula is C27H30ClNO3. The molecule has 0 spiro atoms. The minimum Gasteiger partial charge on any atom is -0.496 e. The Bertz CT molecular complexity index is 1030. The summed E-state index contributed by atoms with van der Waals surface area (Å²) < 4.78 is 11.6. The number of hydrogen-bond acceptors (Lipinski definition) is 4. The zero-order chi connectivity index (χ0) is 22.9. The quantitative estimate of drug-likeness (QED) is 0.405. The van der Waals surface area contributed by atoms with Crippen LogP contribution in [-0.2, 0) is 0 Å². The highest BCUT2D eigenvalue weighted by Gasteiger charge is 2.17. The Hall–Kier alpha value is -2.79. The first-order valence-electron chi connectivity index (χ1n) is 10.6. The smallest absolute Gasteiger partial charge is 0.126 e. The van der Waals surface area contributed by atoms with E-state index in [9.17, 15) is 5.11 Å². The molecule has 1 N–H and O–H groups in total. The molecule has 0 atom stereocenters. The van der Waals surface area contributed by atoms with Crippen LogP contribution in [0.15, 0.2) is 72.8 Å². The van der Waals surface area contributed by atoms with Gasteiger partial charge in [0.15, 0.2) is 0 Å². The van der Waals surface area contributed by atoms with Crippen molar-refractivity contribution in [1.29, 1.82) is 0 Å². The predicted molar refractivity (Wildman–Crippen MR) is 133 cm³/mol. The molecule has 0 aliphatic carbocycles. The fourth-order valence-corrected chi connectivity index (χ4v) is 3.71. The molecule has 32 heavy (non-hydrogen) atoms. The van der Waals surface area contributed by atoms with Gasteiger partial charge in [-0.05, 0) is 73.1 Å². The Morgan fingerprint density at radius 2 is 1.56 bits per heavy atom. The molecule has 0 aromatic heterocycles. The molecule has 0 amide bonds. The van der Waals surface area contributed by atoms with Gasteiger partial charge < -0.3 is 19.5 Å². The number of hydrogen-bond donors (Lipinski definition) is 1. The number of rotatable bonds is 10. The monoisotopic (exact) mass is 451 g/mol. The summed E-state index contributed by atoms with van der Waals surface area (Å²) in [6, 6.07) is 23.7. The summed E-state index contributed by atoms with van der Waals surface area (Å²) in [5, 5.41) is 10.6. The molecule has 5 heteroatoms. The summed E-state index contributed by atoms with van der Waals surface area (Å²) in [6.45, 7) is 1.51. The number of ether oxygens (including phenoxy) is 2. The average Bonchev–Trinajstić information content (AvgIpc) is 2.80. The van der Waals surface area contributed by atoms with E-state index >= 15 is 0 Å². The van der Waals surface area contributed by atoms with Crippen LogP contribution in [0, 0.1) is 0 Å². The van der Waals surface area contributed by atoms with Crippen molar-refractivity contribution >= 4 is 22.7 Å². The van der Waals surface area contributed by atoms with Gasteiger partial charge in [-0.2, -0.15) is 0 Å². The van der Waals surface area contributed by atoms with Crippen LogP contribution in [0.5, 0.6) is 11.5 Å². The van der Waals surface area contributed by atoms with E-state index in [2.05, 4.69) is 17.0 Å². The number of aliphatic hydroxyl groups is 1. The van der Waals surface area contributed by atoms with Crippen molar-refractivity contribution in [3.8, 4) is 11.5 Å². The molecule has 3 rings (SSSR count). The number of likely N-dealkylation sites (N-methyl/N-ethyl adjacent to an activating group) is 1. The highest BCUT2D eigenvalue weighted by Crippen LogP contribution is 2.39. The second kappa shape index (κ2) is 11.7. The number of halogens is 1. The van der Waals surface area contributed by atoms with Gasteiger partial charge in [0.25, 0.3) is 0 Å². The predicted octanol–water partition coefficient (Wildman–Crippen LogP) is 5.63. The highest BCUT2D eigenvalue weighted by molar-refractivity contribution is 6.30. The molecule has 3 aromatic rings. The van der Waals surface area contributed by atoms with Crippen LogP contribution >= 0.6 is 11.6 Å². The standard InChI is InChI=1S/C27H30ClNO3/c1-29(2)17-19-32-23-14-10-21(11-15-23)27(25-6-4-5-7-26(25)31-3)24(16-18-30)20-8-12-22(28)13-9-20/h4-15,30H,16-19H2,1-3H3. The molecule has 0 saturated carbocycles. The average molecular weight is 452 g/mol. The summed E-state index contributed by atoms with van der Waals surface area (Å²) in [5.41, 5.74) is 5.03. The van der Waals surface area contributed by atoms with Crippen molar-refractivity contribution in [1.82, 2.24) is 4.90 Å². The zero-order valence-corrected chi connectivity index (χ0v) is 19.6. The molecule has 0 radical (unpaired) electrons. The van der Waals surface area contributed by atoms with Crippen LogP contribution in [0.3, 0.4) is 0 Å². The van der Waals surface area contributed by atoms with E-state index in [1.165, 1.54) is 0 Å². The van der Waals surface area contributed by atoms with Gasteiger partial charge in [0.1, 0.15) is 18.1 Å². The molecule has 0 aliphatic heterocycles. The van der Waals surface area contributed by atoms with E-state index in [1.54, 1.807) is 7.11 Å². The maximum atomic E-state index is 9.89. The molecule has 0 heterocycles. The van der Waals surface area contributed by atoms with Gasteiger partial charge >= 0.3 is 0 Å². The van der Waals surface area contributed by atoms with Crippen molar-refractivity contribution in [2.45, 2.75) is 6.42 Å². The summed E-state index contributed by atoms with van der Waals surface area (Å²) in [7, 11) is 5.72. The molecule has 0 bridgehead atoms. The third-order valence-electron chi connectivity index (χ3n) is 5.18. The lowest BCUT2D eigenvalue weighted by atomic mass is 9.87. The van der Waals surface area contributed by atoms with Crippen molar-refractivity contribution < 1.29 is 14.6 Å². The van der Waals surface area contributed by atoms with Crippen LogP contribution in [0.4, 0.5) is 0 Å².